The highest BCUT2D eigenvalue weighted by atomic mass is 19.1. The quantitative estimate of drug-likeness (QED) is 0.856. The molecule has 1 fully saturated rings. The summed E-state index contributed by atoms with van der Waals surface area (Å²) in [6.45, 7) is 1.68. The van der Waals surface area contributed by atoms with Crippen LogP contribution in [0.3, 0.4) is 0 Å². The van der Waals surface area contributed by atoms with Crippen LogP contribution in [0.4, 0.5) is 4.39 Å². The normalized spacial score (nSPS) is 23.1. The molecule has 1 aliphatic rings. The maximum atomic E-state index is 13.0. The molecule has 1 heterocycles. The number of hydrogen-bond donors (Lipinski definition) is 2. The van der Waals surface area contributed by atoms with E-state index in [0.29, 0.717) is 0 Å². The fraction of sp³-hybridized carbons (Fsp3) is 0.500. The summed E-state index contributed by atoms with van der Waals surface area (Å²) in [5.41, 5.74) is 1.06. The third-order valence-corrected chi connectivity index (χ3v) is 3.40. The van der Waals surface area contributed by atoms with E-state index in [9.17, 15) is 9.18 Å². The second-order valence-corrected chi connectivity index (χ2v) is 4.76. The number of nitrogens with one attached hydrogen (secondary N) is 2. The van der Waals surface area contributed by atoms with Crippen LogP contribution in [0, 0.1) is 5.82 Å². The molecule has 5 heteroatoms. The molecule has 19 heavy (non-hydrogen) atoms. The standard InChI is InChI=1S/C14H19FN2O2/c1-19-9-14(18)17-13-8-16-7-6-12(13)10-2-4-11(15)5-3-10/h2-5,12-13,16H,6-9H2,1H3,(H,17,18). The molecule has 1 aromatic rings. The first-order valence-electron chi connectivity index (χ1n) is 6.45. The Bertz CT molecular complexity index is 422. The van der Waals surface area contributed by atoms with Gasteiger partial charge in [-0.25, -0.2) is 4.39 Å². The number of ether oxygens (including phenoxy) is 1. The molecule has 104 valence electrons. The molecule has 0 spiro atoms. The number of piperidine rings is 1. The van der Waals surface area contributed by atoms with Gasteiger partial charge in [0.1, 0.15) is 12.4 Å². The van der Waals surface area contributed by atoms with Gasteiger partial charge in [-0.3, -0.25) is 4.79 Å². The average molecular weight is 266 g/mol. The van der Waals surface area contributed by atoms with Gasteiger partial charge in [-0.1, -0.05) is 12.1 Å². The summed E-state index contributed by atoms with van der Waals surface area (Å²) in [6, 6.07) is 6.53. The van der Waals surface area contributed by atoms with E-state index in [4.69, 9.17) is 4.74 Å². The number of hydrogen-bond acceptors (Lipinski definition) is 3. The third-order valence-electron chi connectivity index (χ3n) is 3.40. The van der Waals surface area contributed by atoms with Crippen molar-refractivity contribution in [3.8, 4) is 0 Å². The van der Waals surface area contributed by atoms with Crippen LogP contribution in [0.5, 0.6) is 0 Å². The summed E-state index contributed by atoms with van der Waals surface area (Å²) in [4.78, 5) is 11.6. The molecule has 0 saturated carbocycles. The van der Waals surface area contributed by atoms with Crippen LogP contribution in [0.2, 0.25) is 0 Å². The van der Waals surface area contributed by atoms with Crippen molar-refractivity contribution >= 4 is 5.91 Å². The third kappa shape index (κ3) is 3.75. The van der Waals surface area contributed by atoms with Crippen LogP contribution in [-0.4, -0.2) is 38.8 Å². The van der Waals surface area contributed by atoms with Gasteiger partial charge in [0.15, 0.2) is 0 Å². The van der Waals surface area contributed by atoms with Crippen molar-refractivity contribution in [2.75, 3.05) is 26.8 Å². The van der Waals surface area contributed by atoms with Gasteiger partial charge in [0.25, 0.3) is 0 Å². The fourth-order valence-corrected chi connectivity index (χ4v) is 2.50. The van der Waals surface area contributed by atoms with E-state index >= 15 is 0 Å². The Morgan fingerprint density at radius 3 is 2.89 bits per heavy atom. The van der Waals surface area contributed by atoms with Gasteiger partial charge in [-0.2, -0.15) is 0 Å². The zero-order valence-corrected chi connectivity index (χ0v) is 11.0. The van der Waals surface area contributed by atoms with Gasteiger partial charge in [0.05, 0.1) is 0 Å². The lowest BCUT2D eigenvalue weighted by molar-refractivity contribution is -0.125. The number of halogens is 1. The lowest BCUT2D eigenvalue weighted by Gasteiger charge is -2.33. The average Bonchev–Trinajstić information content (AvgIpc) is 2.41. The minimum Gasteiger partial charge on any atom is -0.375 e. The predicted molar refractivity (Wildman–Crippen MR) is 70.4 cm³/mol. The minimum atomic E-state index is -0.238. The Morgan fingerprint density at radius 2 is 2.21 bits per heavy atom. The Kier molecular flexibility index (Phi) is 4.87. The van der Waals surface area contributed by atoms with Gasteiger partial charge in [0.2, 0.25) is 5.91 Å². The van der Waals surface area contributed by atoms with E-state index in [-0.39, 0.29) is 30.3 Å². The van der Waals surface area contributed by atoms with E-state index in [1.54, 1.807) is 12.1 Å². The Balaban J connectivity index is 2.07. The summed E-state index contributed by atoms with van der Waals surface area (Å²) in [7, 11) is 1.50. The molecule has 2 N–H and O–H groups in total. The van der Waals surface area contributed by atoms with Gasteiger partial charge in [-0.05, 0) is 30.7 Å². The van der Waals surface area contributed by atoms with Gasteiger partial charge in [-0.15, -0.1) is 0 Å². The number of carbonyl (C=O) groups excluding carboxylic acids is 1. The second kappa shape index (κ2) is 6.63. The molecule has 1 aromatic carbocycles. The number of rotatable bonds is 4. The van der Waals surface area contributed by atoms with Crippen molar-refractivity contribution < 1.29 is 13.9 Å². The van der Waals surface area contributed by atoms with Crippen LogP contribution in [0.25, 0.3) is 0 Å². The maximum Gasteiger partial charge on any atom is 0.246 e. The van der Waals surface area contributed by atoms with Crippen molar-refractivity contribution in [3.05, 3.63) is 35.6 Å². The van der Waals surface area contributed by atoms with Crippen LogP contribution in [0.15, 0.2) is 24.3 Å². The SMILES string of the molecule is COCC(=O)NC1CNCCC1c1ccc(F)cc1. The smallest absolute Gasteiger partial charge is 0.246 e. The fourth-order valence-electron chi connectivity index (χ4n) is 2.50. The summed E-state index contributed by atoms with van der Waals surface area (Å²) >= 11 is 0. The molecule has 1 amide bonds. The monoisotopic (exact) mass is 266 g/mol. The topological polar surface area (TPSA) is 50.4 Å². The molecule has 0 bridgehead atoms. The van der Waals surface area contributed by atoms with E-state index in [1.165, 1.54) is 19.2 Å². The summed E-state index contributed by atoms with van der Waals surface area (Å²) < 4.78 is 17.8. The molecule has 2 rings (SSSR count). The lowest BCUT2D eigenvalue weighted by Crippen LogP contribution is -2.50. The molecule has 0 radical (unpaired) electrons. The van der Waals surface area contributed by atoms with E-state index in [1.807, 2.05) is 0 Å². The van der Waals surface area contributed by atoms with E-state index in [0.717, 1.165) is 25.1 Å². The Hall–Kier alpha value is -1.46. The first-order valence-corrected chi connectivity index (χ1v) is 6.45. The van der Waals surface area contributed by atoms with Crippen molar-refractivity contribution in [2.24, 2.45) is 0 Å². The molecular weight excluding hydrogens is 247 g/mol. The van der Waals surface area contributed by atoms with Crippen molar-refractivity contribution in [2.45, 2.75) is 18.4 Å². The maximum absolute atomic E-state index is 13.0. The summed E-state index contributed by atoms with van der Waals surface area (Å²) in [5.74, 6) is -0.149. The molecular formula is C14H19FN2O2. The number of methoxy groups -OCH3 is 1. The molecule has 4 nitrogen and oxygen atoms in total. The predicted octanol–water partition coefficient (Wildman–Crippen LogP) is 1.03. The van der Waals surface area contributed by atoms with Crippen molar-refractivity contribution in [1.29, 1.82) is 0 Å². The minimum absolute atomic E-state index is 0.0156. The Morgan fingerprint density at radius 1 is 1.47 bits per heavy atom. The lowest BCUT2D eigenvalue weighted by atomic mass is 9.86. The molecule has 0 aliphatic carbocycles. The van der Waals surface area contributed by atoms with Crippen molar-refractivity contribution in [1.82, 2.24) is 10.6 Å². The van der Waals surface area contributed by atoms with Gasteiger partial charge >= 0.3 is 0 Å². The highest BCUT2D eigenvalue weighted by Crippen LogP contribution is 2.25. The van der Waals surface area contributed by atoms with E-state index in [2.05, 4.69) is 10.6 Å². The van der Waals surface area contributed by atoms with Crippen LogP contribution in [-0.2, 0) is 9.53 Å². The first kappa shape index (κ1) is 14.0. The molecule has 2 atom stereocenters. The van der Waals surface area contributed by atoms with Crippen molar-refractivity contribution in [3.63, 3.8) is 0 Å². The summed E-state index contributed by atoms with van der Waals surface area (Å²) in [5, 5.41) is 6.23. The van der Waals surface area contributed by atoms with Crippen LogP contribution in [0.1, 0.15) is 17.9 Å². The largest absolute Gasteiger partial charge is 0.375 e. The molecule has 1 aliphatic heterocycles. The van der Waals surface area contributed by atoms with Crippen LogP contribution < -0.4 is 10.6 Å². The first-order chi connectivity index (χ1) is 9.20. The zero-order chi connectivity index (χ0) is 13.7. The number of carbonyl (C=O) groups is 1. The van der Waals surface area contributed by atoms with Gasteiger partial charge < -0.3 is 15.4 Å². The van der Waals surface area contributed by atoms with Crippen LogP contribution >= 0.6 is 0 Å². The second-order valence-electron chi connectivity index (χ2n) is 4.76. The molecule has 1 saturated heterocycles. The number of benzene rings is 1. The highest BCUT2D eigenvalue weighted by molar-refractivity contribution is 5.77. The zero-order valence-electron chi connectivity index (χ0n) is 11.0. The van der Waals surface area contributed by atoms with Gasteiger partial charge in [0, 0.05) is 25.6 Å². The Labute approximate surface area is 112 Å². The number of amides is 1. The molecule has 2 unspecified atom stereocenters. The van der Waals surface area contributed by atoms with E-state index < -0.39 is 0 Å². The molecule has 0 aromatic heterocycles. The highest BCUT2D eigenvalue weighted by Gasteiger charge is 2.27. The summed E-state index contributed by atoms with van der Waals surface area (Å²) in [6.07, 6.45) is 0.920.